The van der Waals surface area contributed by atoms with Crippen molar-refractivity contribution < 1.29 is 9.59 Å². The van der Waals surface area contributed by atoms with E-state index in [1.165, 1.54) is 32.1 Å². The molecule has 5 aliphatic rings. The Morgan fingerprint density at radius 2 is 1.60 bits per heavy atom. The van der Waals surface area contributed by atoms with E-state index in [2.05, 4.69) is 10.6 Å². The molecule has 5 fully saturated rings. The molecule has 0 spiro atoms. The lowest BCUT2D eigenvalue weighted by Gasteiger charge is -2.59. The van der Waals surface area contributed by atoms with Crippen LogP contribution in [0.1, 0.15) is 77.0 Å². The first-order chi connectivity index (χ1) is 12.0. The molecule has 5 saturated carbocycles. The van der Waals surface area contributed by atoms with Gasteiger partial charge >= 0.3 is 0 Å². The second-order valence-electron chi connectivity index (χ2n) is 9.33. The fourth-order valence-electron chi connectivity index (χ4n) is 6.47. The third-order valence-corrected chi connectivity index (χ3v) is 7.54. The molecule has 0 heterocycles. The maximum atomic E-state index is 12.9. The summed E-state index contributed by atoms with van der Waals surface area (Å²) in [7, 11) is 0. The Hall–Kier alpha value is -0.770. The van der Waals surface area contributed by atoms with Crippen LogP contribution < -0.4 is 10.6 Å². The van der Waals surface area contributed by atoms with Gasteiger partial charge in [-0.3, -0.25) is 9.59 Å². The highest BCUT2D eigenvalue weighted by molar-refractivity contribution is 6.24. The second kappa shape index (κ2) is 6.75. The number of nitrogens with one attached hydrogen (secondary N) is 2. The molecule has 140 valence electrons. The van der Waals surface area contributed by atoms with Crippen LogP contribution in [0.5, 0.6) is 0 Å². The van der Waals surface area contributed by atoms with Crippen molar-refractivity contribution in [2.45, 2.75) is 88.0 Å². The summed E-state index contributed by atoms with van der Waals surface area (Å²) in [6.07, 6.45) is 13.2. The Bertz CT molecular complexity index is 528. The monoisotopic (exact) mass is 366 g/mol. The van der Waals surface area contributed by atoms with Gasteiger partial charge in [0.05, 0.1) is 12.0 Å². The molecular weight excluding hydrogens is 336 g/mol. The second-order valence-corrected chi connectivity index (χ2v) is 10.1. The molecule has 2 N–H and O–H groups in total. The summed E-state index contributed by atoms with van der Waals surface area (Å²) in [6.45, 7) is 0.113. The van der Waals surface area contributed by atoms with E-state index in [9.17, 15) is 9.59 Å². The molecule has 0 aliphatic heterocycles. The summed E-state index contributed by atoms with van der Waals surface area (Å²) in [6, 6.07) is 0.289. The number of rotatable bonds is 4. The zero-order chi connectivity index (χ0) is 17.5. The SMILES string of the molecule is O=C(CNC(=O)C12C[C@@H]3C[C@@H](CC(Cl)(C3)C1)C2)NC1CCCCCC1. The minimum atomic E-state index is -0.311. The maximum Gasteiger partial charge on any atom is 0.239 e. The molecule has 2 amide bonds. The molecule has 0 aromatic carbocycles. The first-order valence-electron chi connectivity index (χ1n) is 10.2. The Labute approximate surface area is 155 Å². The number of hydrogen-bond acceptors (Lipinski definition) is 2. The van der Waals surface area contributed by atoms with Crippen molar-refractivity contribution >= 4 is 23.4 Å². The van der Waals surface area contributed by atoms with Crippen LogP contribution >= 0.6 is 11.6 Å². The lowest BCUT2D eigenvalue weighted by atomic mass is 9.49. The lowest BCUT2D eigenvalue weighted by Crippen LogP contribution is -2.59. The predicted octanol–water partition coefficient (Wildman–Crippen LogP) is 3.52. The van der Waals surface area contributed by atoms with Crippen molar-refractivity contribution in [2.75, 3.05) is 6.54 Å². The molecule has 25 heavy (non-hydrogen) atoms. The fourth-order valence-corrected chi connectivity index (χ4v) is 7.16. The molecule has 5 heteroatoms. The maximum absolute atomic E-state index is 12.9. The summed E-state index contributed by atoms with van der Waals surface area (Å²) >= 11 is 6.81. The van der Waals surface area contributed by atoms with Crippen molar-refractivity contribution in [3.05, 3.63) is 0 Å². The smallest absolute Gasteiger partial charge is 0.239 e. The van der Waals surface area contributed by atoms with E-state index in [1.807, 2.05) is 0 Å². The minimum absolute atomic E-state index is 0.0365. The molecule has 5 aliphatic carbocycles. The van der Waals surface area contributed by atoms with Gasteiger partial charge in [0.2, 0.25) is 11.8 Å². The number of hydrogen-bond donors (Lipinski definition) is 2. The third-order valence-electron chi connectivity index (χ3n) is 7.10. The third kappa shape index (κ3) is 3.70. The molecule has 5 rings (SSSR count). The standard InChI is InChI=1S/C20H31ClN2O2/c21-20-10-14-7-15(11-20)9-19(8-14,13-20)18(25)22-12-17(24)23-16-5-3-1-2-4-6-16/h14-16H,1-13H2,(H,22,25)(H,23,24)/t14-,15+,19?,20?. The highest BCUT2D eigenvalue weighted by Crippen LogP contribution is 2.63. The molecule has 0 saturated heterocycles. The normalized spacial score (nSPS) is 40.5. The van der Waals surface area contributed by atoms with Gasteiger partial charge in [-0.25, -0.2) is 0 Å². The molecule has 2 unspecified atom stereocenters. The quantitative estimate of drug-likeness (QED) is 0.590. The van der Waals surface area contributed by atoms with Crippen LogP contribution in [0, 0.1) is 17.3 Å². The van der Waals surface area contributed by atoms with E-state index in [0.717, 1.165) is 44.9 Å². The zero-order valence-electron chi connectivity index (χ0n) is 15.1. The van der Waals surface area contributed by atoms with E-state index < -0.39 is 0 Å². The van der Waals surface area contributed by atoms with Crippen molar-refractivity contribution in [3.63, 3.8) is 0 Å². The number of carbonyl (C=O) groups is 2. The molecule has 4 bridgehead atoms. The van der Waals surface area contributed by atoms with Gasteiger partial charge in [-0.2, -0.15) is 0 Å². The zero-order valence-corrected chi connectivity index (χ0v) is 15.9. The van der Waals surface area contributed by atoms with Crippen LogP contribution in [0.4, 0.5) is 0 Å². The lowest BCUT2D eigenvalue weighted by molar-refractivity contribution is -0.145. The highest BCUT2D eigenvalue weighted by atomic mass is 35.5. The summed E-state index contributed by atoms with van der Waals surface area (Å²) in [4.78, 5) is 25.0. The summed E-state index contributed by atoms with van der Waals surface area (Å²) in [5.41, 5.74) is -0.311. The molecule has 4 atom stereocenters. The number of carbonyl (C=O) groups excluding carboxylic acids is 2. The Morgan fingerprint density at radius 3 is 2.20 bits per heavy atom. The predicted molar refractivity (Wildman–Crippen MR) is 98.3 cm³/mol. The van der Waals surface area contributed by atoms with Gasteiger partial charge in [0.1, 0.15) is 0 Å². The van der Waals surface area contributed by atoms with Crippen molar-refractivity contribution in [1.29, 1.82) is 0 Å². The van der Waals surface area contributed by atoms with Crippen LogP contribution in [0.2, 0.25) is 0 Å². The van der Waals surface area contributed by atoms with Crippen molar-refractivity contribution in [1.82, 2.24) is 10.6 Å². The summed E-state index contributed by atoms with van der Waals surface area (Å²) in [5.74, 6) is 1.24. The van der Waals surface area contributed by atoms with Crippen LogP contribution in [0.3, 0.4) is 0 Å². The van der Waals surface area contributed by atoms with Gasteiger partial charge in [0.25, 0.3) is 0 Å². The number of halogens is 1. The Morgan fingerprint density at radius 1 is 0.960 bits per heavy atom. The first kappa shape index (κ1) is 17.6. The summed E-state index contributed by atoms with van der Waals surface area (Å²) < 4.78 is 0. The molecule has 0 aromatic heterocycles. The van der Waals surface area contributed by atoms with Crippen LogP contribution in [0.15, 0.2) is 0 Å². The van der Waals surface area contributed by atoms with Crippen molar-refractivity contribution in [2.24, 2.45) is 17.3 Å². The van der Waals surface area contributed by atoms with E-state index >= 15 is 0 Å². The van der Waals surface area contributed by atoms with Gasteiger partial charge < -0.3 is 10.6 Å². The van der Waals surface area contributed by atoms with Gasteiger partial charge in [-0.15, -0.1) is 11.6 Å². The van der Waals surface area contributed by atoms with E-state index in [-0.39, 0.29) is 34.7 Å². The van der Waals surface area contributed by atoms with Gasteiger partial charge in [-0.1, -0.05) is 25.7 Å². The number of alkyl halides is 1. The van der Waals surface area contributed by atoms with E-state index in [1.54, 1.807) is 0 Å². The Balaban J connectivity index is 1.31. The highest BCUT2D eigenvalue weighted by Gasteiger charge is 2.60. The first-order valence-corrected chi connectivity index (χ1v) is 10.6. The van der Waals surface area contributed by atoms with Crippen LogP contribution in [-0.4, -0.2) is 29.3 Å². The molecular formula is C20H31ClN2O2. The fraction of sp³-hybridized carbons (Fsp3) is 0.900. The average Bonchev–Trinajstić information content (AvgIpc) is 2.79. The average molecular weight is 367 g/mol. The number of amides is 2. The van der Waals surface area contributed by atoms with Gasteiger partial charge in [0, 0.05) is 10.9 Å². The van der Waals surface area contributed by atoms with Gasteiger partial charge in [-0.05, 0) is 63.2 Å². The largest absolute Gasteiger partial charge is 0.352 e. The van der Waals surface area contributed by atoms with Crippen LogP contribution in [-0.2, 0) is 9.59 Å². The molecule has 4 nitrogen and oxygen atoms in total. The molecule has 0 aromatic rings. The van der Waals surface area contributed by atoms with E-state index in [4.69, 9.17) is 11.6 Å². The molecule has 0 radical (unpaired) electrons. The minimum Gasteiger partial charge on any atom is -0.352 e. The topological polar surface area (TPSA) is 58.2 Å². The summed E-state index contributed by atoms with van der Waals surface area (Å²) in [5, 5.41) is 6.07. The van der Waals surface area contributed by atoms with Crippen molar-refractivity contribution in [3.8, 4) is 0 Å². The van der Waals surface area contributed by atoms with Crippen LogP contribution in [0.25, 0.3) is 0 Å². The van der Waals surface area contributed by atoms with E-state index in [0.29, 0.717) is 11.8 Å². The van der Waals surface area contributed by atoms with Gasteiger partial charge in [0.15, 0.2) is 0 Å². The Kier molecular flexibility index (Phi) is 4.76.